The van der Waals surface area contributed by atoms with E-state index in [1.54, 1.807) is 0 Å². The highest BCUT2D eigenvalue weighted by molar-refractivity contribution is 7.84. The molecule has 102 heavy (non-hydrogen) atoms. The van der Waals surface area contributed by atoms with Crippen LogP contribution in [0.1, 0.15) is 0 Å². The second-order valence-corrected chi connectivity index (χ2v) is 32.7. The van der Waals surface area contributed by atoms with Crippen molar-refractivity contribution in [2.45, 2.75) is 73.2 Å². The molecule has 0 saturated carbocycles. The van der Waals surface area contributed by atoms with Gasteiger partial charge in [-0.2, -0.15) is 141 Å². The van der Waals surface area contributed by atoms with Gasteiger partial charge in [0, 0.05) is 19.6 Å². The Labute approximate surface area is 571 Å². The van der Waals surface area contributed by atoms with Crippen molar-refractivity contribution in [2.24, 2.45) is 0 Å². The van der Waals surface area contributed by atoms with Crippen molar-refractivity contribution in [1.82, 2.24) is 15.0 Å². The maximum absolute atomic E-state index is 12.3. The number of anilines is 3. The topological polar surface area (TPSA) is 1030 Å². The predicted molar refractivity (Wildman–Crippen MR) is 295 cm³/mol. The molecule has 1 rings (SSSR count). The molecule has 0 aliphatic carbocycles. The van der Waals surface area contributed by atoms with E-state index in [-0.39, 0.29) is 0 Å². The van der Waals surface area contributed by atoms with Gasteiger partial charge in [0.2, 0.25) is 17.8 Å². The van der Waals surface area contributed by atoms with Gasteiger partial charge in [0.15, 0.2) is 0 Å². The molecule has 0 unspecified atom stereocenters. The van der Waals surface area contributed by atoms with Crippen molar-refractivity contribution in [1.29, 1.82) is 0 Å². The van der Waals surface area contributed by atoms with Gasteiger partial charge < -0.3 is 16.0 Å². The zero-order valence-corrected chi connectivity index (χ0v) is 59.0. The van der Waals surface area contributed by atoms with Crippen molar-refractivity contribution in [3.05, 3.63) is 0 Å². The monoisotopic (exact) mass is 1820 g/mol. The lowest BCUT2D eigenvalue weighted by atomic mass is 10.0. The number of nitrogens with one attached hydrogen (secondary N) is 3. The van der Waals surface area contributed by atoms with Crippen LogP contribution in [0, 0.1) is 0 Å². The lowest BCUT2D eigenvalue weighted by Crippen LogP contribution is -2.55. The van der Waals surface area contributed by atoms with Crippen LogP contribution in [0.2, 0.25) is 0 Å². The Bertz CT molecular complexity index is 4380. The molecule has 0 aliphatic rings. The molecule has 1 heterocycles. The quantitative estimate of drug-likeness (QED) is 0.0269. The van der Waals surface area contributed by atoms with E-state index in [0.29, 0.717) is 0 Å². The first-order valence-corrected chi connectivity index (χ1v) is 43.0. The Balaban J connectivity index is 5.07. The fourth-order valence-electron chi connectivity index (χ4n) is 6.54. The van der Waals surface area contributed by atoms with Crippen molar-refractivity contribution in [2.75, 3.05) is 55.4 Å². The third-order valence-corrected chi connectivity index (χ3v) is 16.2. The largest absolute Gasteiger partial charge is 0.397 e. The summed E-state index contributed by atoms with van der Waals surface area (Å²) >= 11 is 0. The Morgan fingerprint density at radius 1 is 0.206 bits per heavy atom. The number of hydrogen-bond donors (Lipinski definition) is 18. The molecule has 18 N–H and O–H groups in total. The summed E-state index contributed by atoms with van der Waals surface area (Å²) in [7, 11) is -97.2. The average Bonchev–Trinajstić information content (AvgIpc) is 0.812. The first kappa shape index (κ1) is 96.5. The van der Waals surface area contributed by atoms with E-state index in [1.807, 2.05) is 0 Å². The molecule has 606 valence electrons. The first-order valence-electron chi connectivity index (χ1n) is 22.5. The maximum atomic E-state index is 12.3. The average molecular weight is 1820 g/mol. The second kappa shape index (κ2) is 36.1. The molecule has 1 aromatic rings. The van der Waals surface area contributed by atoms with E-state index in [9.17, 15) is 181 Å². The molecule has 0 aliphatic heterocycles. The van der Waals surface area contributed by atoms with E-state index < -0.39 is 287 Å². The van der Waals surface area contributed by atoms with Crippen LogP contribution in [-0.2, 0) is 219 Å². The highest BCUT2D eigenvalue weighted by Gasteiger charge is 2.51. The van der Waals surface area contributed by atoms with Gasteiger partial charge in [-0.25, -0.2) is 62.7 Å². The summed E-state index contributed by atoms with van der Waals surface area (Å²) in [6.07, 6.45) is -45.9. The minimum Gasteiger partial charge on any atom is -0.351 e. The van der Waals surface area contributed by atoms with Gasteiger partial charge in [-0.1, -0.05) is 0 Å². The highest BCUT2D eigenvalue weighted by atomic mass is 32.3. The van der Waals surface area contributed by atoms with Gasteiger partial charge in [-0.15, -0.1) is 0 Å². The van der Waals surface area contributed by atoms with Crippen LogP contribution >= 0.6 is 0 Å². The summed E-state index contributed by atoms with van der Waals surface area (Å²) in [5.74, 6) is -5.62. The van der Waals surface area contributed by atoms with E-state index in [2.05, 4.69) is 77.7 Å². The molecule has 0 aromatic carbocycles. The lowest BCUT2D eigenvalue weighted by molar-refractivity contribution is -0.0762. The smallest absolute Gasteiger partial charge is 0.351 e. The molecule has 0 bridgehead atoms. The summed E-state index contributed by atoms with van der Waals surface area (Å²) in [4.78, 5) is 9.87. The van der Waals surface area contributed by atoms with E-state index in [1.165, 1.54) is 16.0 Å². The molecule has 0 saturated heterocycles. The Morgan fingerprint density at radius 2 is 0.333 bits per heavy atom. The van der Waals surface area contributed by atoms with Crippen LogP contribution in [-0.4, -0.2) is 322 Å². The normalized spacial score (nSPS) is 17.9. The summed E-state index contributed by atoms with van der Waals surface area (Å²) < 4.78 is 561. The zero-order valence-electron chi connectivity index (χ0n) is 46.7. The van der Waals surface area contributed by atoms with Crippen LogP contribution in [0.5, 0.6) is 0 Å². The number of nitrogens with zero attached hydrogens (tertiary/aromatic N) is 3. The molecule has 81 heteroatoms. The van der Waals surface area contributed by atoms with Crippen LogP contribution in [0.3, 0.4) is 0 Å². The minimum absolute atomic E-state index is 1.51. The van der Waals surface area contributed by atoms with E-state index in [0.717, 1.165) is 0 Å². The Morgan fingerprint density at radius 3 is 0.461 bits per heavy atom. The van der Waals surface area contributed by atoms with Gasteiger partial charge in [0.25, 0.3) is 0 Å². The predicted octanol–water partition coefficient (Wildman–Crippen LogP) is -12.2. The molecular formula is C21H42N6O60S15. The molecular weight excluding hydrogens is 1780 g/mol. The third-order valence-electron chi connectivity index (χ3n) is 9.20. The van der Waals surface area contributed by atoms with Gasteiger partial charge in [0.1, 0.15) is 73.2 Å². The van der Waals surface area contributed by atoms with Gasteiger partial charge in [-0.05, 0) is 0 Å². The highest BCUT2D eigenvalue weighted by Crippen LogP contribution is 2.29. The van der Waals surface area contributed by atoms with Crippen LogP contribution in [0.4, 0.5) is 17.8 Å². The molecule has 12 atom stereocenters. The maximum Gasteiger partial charge on any atom is 0.397 e. The first-order chi connectivity index (χ1) is 44.8. The molecule has 1 aromatic heterocycles. The summed E-state index contributed by atoms with van der Waals surface area (Å²) in [5, 5.41) is 4.52. The van der Waals surface area contributed by atoms with E-state index in [4.69, 9.17) is 13.7 Å². The van der Waals surface area contributed by atoms with Crippen molar-refractivity contribution in [3.8, 4) is 0 Å². The fraction of sp³-hybridized carbons (Fsp3) is 0.857. The lowest BCUT2D eigenvalue weighted by Gasteiger charge is -2.33. The second-order valence-electron chi connectivity index (χ2n) is 16.9. The third kappa shape index (κ3) is 46.5. The summed E-state index contributed by atoms with van der Waals surface area (Å²) in [5.41, 5.74) is 0. The molecule has 0 spiro atoms. The minimum atomic E-state index is -6.67. The molecule has 0 fully saturated rings. The van der Waals surface area contributed by atoms with Crippen LogP contribution in [0.25, 0.3) is 0 Å². The van der Waals surface area contributed by atoms with Crippen LogP contribution < -0.4 is 16.0 Å². The summed E-state index contributed by atoms with van der Waals surface area (Å²) in [6.45, 7) is -14.2. The zero-order chi connectivity index (χ0) is 80.3. The summed E-state index contributed by atoms with van der Waals surface area (Å²) in [6, 6.07) is 0. The van der Waals surface area contributed by atoms with Gasteiger partial charge >= 0.3 is 156 Å². The van der Waals surface area contributed by atoms with E-state index >= 15 is 0 Å². The fourth-order valence-corrected chi connectivity index (χ4v) is 13.5. The Hall–Kier alpha value is -3.54. The van der Waals surface area contributed by atoms with Crippen molar-refractivity contribution >= 4 is 174 Å². The molecule has 0 radical (unpaired) electrons. The molecule has 0 amide bonds. The standard InChI is InChI=1S/C21H42N6O60S15/c28-88(29,30)73-4-10(79-94(46,47)48)16(85-100(64,65)66)13(82-97(55,56)57)7(76-91(37,38)39)1-22-19-25-20(23-2-8(77-92(40,41)42)14(83-98(58,59)60)17(86-101(67,68)69)11(80-95(49,50)51)5-74-89(31,32)33)27-21(26-19)24-3-9(78-93(43,44)45)15(84-99(61,62)63)18(87-102(70,71)72)12(81-96(52,53)54)6-75-90(34,35)36/h7-18H,1-6H2,(H,28,29,30)(H,31,32,33)(H,34,35,36)(H,37,38,39)(H,40,41,42)(H,43,44,45)(H,46,47,48)(H,49,50,51)(H,52,53,54)(H,55,56,57)(H,58,59,60)(H,61,62,63)(H,64,65,66)(H,67,68,69)(H,70,71,72)(H3,22,23,24,25,26,27)/t7-,8-,9-,10+,11+,12+,13+,14+,15+,16+,17+,18+/m0/s1. The van der Waals surface area contributed by atoms with Gasteiger partial charge in [0.05, 0.1) is 19.8 Å². The SMILES string of the molecule is O=S(=O)(O)OC[C@@H](OS(=O)(=O)O)[C@@H](OS(=O)(=O)O)[C@H](OS(=O)(=O)O)[C@H](CNc1nc(NC[C@H](OS(=O)(=O)O)[C@@H](OS(=O)(=O)O)[C@H](OS(=O)(=O)O)[C@@H](COS(=O)(=O)O)OS(=O)(=O)O)nc(NC[C@H](OS(=O)(=O)O)[C@@H](OS(=O)(=O)O)[C@H](OS(=O)(=O)O)[C@@H](COS(=O)(=O)O)OS(=O)(=O)O)n1)OS(=O)(=O)O. The Kier molecular flexibility index (Phi) is 34.2. The molecule has 66 nitrogen and oxygen atoms in total. The van der Waals surface area contributed by atoms with Crippen molar-refractivity contribution in [3.63, 3.8) is 0 Å². The number of hydrogen-bond acceptors (Lipinski definition) is 51. The number of rotatable bonds is 51. The van der Waals surface area contributed by atoms with Crippen molar-refractivity contribution < 1.29 is 257 Å². The number of aromatic nitrogens is 3. The van der Waals surface area contributed by atoms with Crippen LogP contribution in [0.15, 0.2) is 0 Å². The van der Waals surface area contributed by atoms with Gasteiger partial charge in [-0.3, -0.25) is 68.3 Å².